The summed E-state index contributed by atoms with van der Waals surface area (Å²) in [5.74, 6) is -1.17. The van der Waals surface area contributed by atoms with E-state index < -0.39 is 33.6 Å². The van der Waals surface area contributed by atoms with Crippen molar-refractivity contribution in [1.82, 2.24) is 4.72 Å². The van der Waals surface area contributed by atoms with Gasteiger partial charge < -0.3 is 5.73 Å². The fourth-order valence-corrected chi connectivity index (χ4v) is 2.89. The molecule has 108 valence electrons. The van der Waals surface area contributed by atoms with Crippen LogP contribution in [0.4, 0.5) is 23.2 Å². The van der Waals surface area contributed by atoms with Gasteiger partial charge in [0.1, 0.15) is 10.7 Å². The standard InChI is InChI=1S/C9H10F4N2O2S2/c10-6-1-2-8(7(14)5-6)19(16,17)15-3-4-18-9(11,12)13/h1-2,5,15H,3-4,14H2. The fraction of sp³-hybridized carbons (Fsp3) is 0.333. The van der Waals surface area contributed by atoms with E-state index in [1.807, 2.05) is 4.72 Å². The van der Waals surface area contributed by atoms with Crippen LogP contribution in [-0.4, -0.2) is 26.2 Å². The summed E-state index contributed by atoms with van der Waals surface area (Å²) < 4.78 is 73.6. The average molecular weight is 318 g/mol. The molecule has 10 heteroatoms. The van der Waals surface area contributed by atoms with Crippen LogP contribution in [0.25, 0.3) is 0 Å². The van der Waals surface area contributed by atoms with Crippen molar-refractivity contribution in [1.29, 1.82) is 0 Å². The highest BCUT2D eigenvalue weighted by Gasteiger charge is 2.28. The minimum atomic E-state index is -4.42. The van der Waals surface area contributed by atoms with Gasteiger partial charge in [0.05, 0.1) is 5.69 Å². The number of halogens is 4. The van der Waals surface area contributed by atoms with Crippen LogP contribution >= 0.6 is 11.8 Å². The van der Waals surface area contributed by atoms with E-state index in [9.17, 15) is 26.0 Å². The molecule has 1 rings (SSSR count). The molecule has 0 spiro atoms. The number of benzene rings is 1. The molecule has 0 atom stereocenters. The van der Waals surface area contributed by atoms with E-state index in [-0.39, 0.29) is 22.3 Å². The van der Waals surface area contributed by atoms with Gasteiger partial charge in [0.25, 0.3) is 0 Å². The number of hydrogen-bond acceptors (Lipinski definition) is 4. The second-order valence-corrected chi connectivity index (χ2v) is 6.27. The van der Waals surface area contributed by atoms with Gasteiger partial charge >= 0.3 is 5.51 Å². The van der Waals surface area contributed by atoms with Gasteiger partial charge in [-0.05, 0) is 30.0 Å². The van der Waals surface area contributed by atoms with Crippen LogP contribution in [0.1, 0.15) is 0 Å². The number of thioether (sulfide) groups is 1. The van der Waals surface area contributed by atoms with Gasteiger partial charge in [-0.15, -0.1) is 0 Å². The lowest BCUT2D eigenvalue weighted by atomic mass is 10.3. The van der Waals surface area contributed by atoms with E-state index in [0.717, 1.165) is 18.2 Å². The maximum absolute atomic E-state index is 12.7. The minimum Gasteiger partial charge on any atom is -0.398 e. The van der Waals surface area contributed by atoms with Crippen molar-refractivity contribution < 1.29 is 26.0 Å². The van der Waals surface area contributed by atoms with Crippen molar-refractivity contribution in [3.8, 4) is 0 Å². The monoisotopic (exact) mass is 318 g/mol. The normalized spacial score (nSPS) is 12.6. The Morgan fingerprint density at radius 1 is 1.32 bits per heavy atom. The predicted octanol–water partition coefficient (Wildman–Crippen LogP) is 1.94. The quantitative estimate of drug-likeness (QED) is 0.494. The first-order valence-corrected chi connectivity index (χ1v) is 7.34. The molecule has 0 bridgehead atoms. The molecule has 0 fully saturated rings. The molecular weight excluding hydrogens is 308 g/mol. The Balaban J connectivity index is 2.66. The first kappa shape index (κ1) is 16.1. The van der Waals surface area contributed by atoms with Crippen molar-refractivity contribution in [3.63, 3.8) is 0 Å². The molecule has 0 radical (unpaired) electrons. The van der Waals surface area contributed by atoms with Gasteiger partial charge in [-0.2, -0.15) is 13.2 Å². The molecule has 0 saturated carbocycles. The van der Waals surface area contributed by atoms with E-state index in [2.05, 4.69) is 0 Å². The SMILES string of the molecule is Nc1cc(F)ccc1S(=O)(=O)NCCSC(F)(F)F. The van der Waals surface area contributed by atoms with Crippen molar-refractivity contribution in [2.24, 2.45) is 0 Å². The van der Waals surface area contributed by atoms with Crippen LogP contribution in [0.3, 0.4) is 0 Å². The molecule has 0 amide bonds. The molecule has 4 nitrogen and oxygen atoms in total. The Hall–Kier alpha value is -1.00. The average Bonchev–Trinajstić information content (AvgIpc) is 2.22. The maximum Gasteiger partial charge on any atom is 0.441 e. The molecule has 0 aromatic heterocycles. The lowest BCUT2D eigenvalue weighted by molar-refractivity contribution is -0.0327. The summed E-state index contributed by atoms with van der Waals surface area (Å²) in [6, 6.07) is 2.66. The van der Waals surface area contributed by atoms with Crippen LogP contribution in [0, 0.1) is 5.82 Å². The van der Waals surface area contributed by atoms with E-state index in [0.29, 0.717) is 0 Å². The highest BCUT2D eigenvalue weighted by atomic mass is 32.2. The van der Waals surface area contributed by atoms with E-state index in [1.165, 1.54) is 0 Å². The smallest absolute Gasteiger partial charge is 0.398 e. The first-order valence-electron chi connectivity index (χ1n) is 4.87. The number of hydrogen-bond donors (Lipinski definition) is 2. The highest BCUT2D eigenvalue weighted by molar-refractivity contribution is 8.00. The zero-order chi connectivity index (χ0) is 14.7. The lowest BCUT2D eigenvalue weighted by Gasteiger charge is -2.09. The number of sulfonamides is 1. The Labute approximate surface area is 111 Å². The molecule has 0 heterocycles. The predicted molar refractivity (Wildman–Crippen MR) is 64.5 cm³/mol. The summed E-state index contributed by atoms with van der Waals surface area (Å²) in [5.41, 5.74) is 0.611. The molecule has 0 aliphatic heterocycles. The van der Waals surface area contributed by atoms with Crippen molar-refractivity contribution in [3.05, 3.63) is 24.0 Å². The molecule has 0 aliphatic carbocycles. The highest BCUT2D eigenvalue weighted by Crippen LogP contribution is 2.29. The van der Waals surface area contributed by atoms with Gasteiger partial charge in [-0.25, -0.2) is 17.5 Å². The summed E-state index contributed by atoms with van der Waals surface area (Å²) in [6.45, 7) is -0.413. The van der Waals surface area contributed by atoms with Crippen LogP contribution in [0.15, 0.2) is 23.1 Å². The number of anilines is 1. The van der Waals surface area contributed by atoms with E-state index in [4.69, 9.17) is 5.73 Å². The summed E-state index contributed by atoms with van der Waals surface area (Å²) in [5, 5.41) is 0. The van der Waals surface area contributed by atoms with Crippen molar-refractivity contribution in [2.75, 3.05) is 18.0 Å². The lowest BCUT2D eigenvalue weighted by Crippen LogP contribution is -2.27. The van der Waals surface area contributed by atoms with Crippen molar-refractivity contribution >= 4 is 27.5 Å². The Morgan fingerprint density at radius 2 is 1.95 bits per heavy atom. The van der Waals surface area contributed by atoms with Crippen LogP contribution in [0.5, 0.6) is 0 Å². The Bertz CT molecular complexity index is 546. The summed E-state index contributed by atoms with van der Waals surface area (Å²) in [4.78, 5) is -0.370. The number of rotatable bonds is 5. The number of alkyl halides is 3. The van der Waals surface area contributed by atoms with Crippen molar-refractivity contribution in [2.45, 2.75) is 10.4 Å². The van der Waals surface area contributed by atoms with Crippen LogP contribution in [0.2, 0.25) is 0 Å². The molecule has 0 saturated heterocycles. The van der Waals surface area contributed by atoms with Gasteiger partial charge in [0.2, 0.25) is 10.0 Å². The zero-order valence-electron chi connectivity index (χ0n) is 9.37. The Morgan fingerprint density at radius 3 is 2.47 bits per heavy atom. The number of nitrogen functional groups attached to an aromatic ring is 1. The number of nitrogens with two attached hydrogens (primary N) is 1. The topological polar surface area (TPSA) is 72.2 Å². The summed E-state index contributed by atoms with van der Waals surface area (Å²) in [7, 11) is -4.05. The summed E-state index contributed by atoms with van der Waals surface area (Å²) >= 11 is -0.342. The second-order valence-electron chi connectivity index (χ2n) is 3.37. The first-order chi connectivity index (χ1) is 8.62. The van der Waals surface area contributed by atoms with E-state index >= 15 is 0 Å². The minimum absolute atomic E-state index is 0.309. The Kier molecular flexibility index (Phi) is 5.04. The number of nitrogens with one attached hydrogen (secondary N) is 1. The molecule has 0 aliphatic rings. The third-order valence-electron chi connectivity index (χ3n) is 1.92. The van der Waals surface area contributed by atoms with Gasteiger partial charge in [0, 0.05) is 12.3 Å². The fourth-order valence-electron chi connectivity index (χ4n) is 1.18. The molecule has 0 unspecified atom stereocenters. The largest absolute Gasteiger partial charge is 0.441 e. The van der Waals surface area contributed by atoms with Gasteiger partial charge in [0.15, 0.2) is 0 Å². The van der Waals surface area contributed by atoms with Gasteiger partial charge in [-0.3, -0.25) is 0 Å². The maximum atomic E-state index is 12.7. The van der Waals surface area contributed by atoms with Crippen LogP contribution in [-0.2, 0) is 10.0 Å². The third-order valence-corrected chi connectivity index (χ3v) is 4.19. The molecule has 1 aromatic carbocycles. The third kappa shape index (κ3) is 5.25. The summed E-state index contributed by atoms with van der Waals surface area (Å²) in [6.07, 6.45) is 0. The molecule has 3 N–H and O–H groups in total. The van der Waals surface area contributed by atoms with E-state index in [1.54, 1.807) is 0 Å². The molecule has 1 aromatic rings. The second kappa shape index (κ2) is 5.97. The zero-order valence-corrected chi connectivity index (χ0v) is 11.0. The molecule has 19 heavy (non-hydrogen) atoms. The van der Waals surface area contributed by atoms with Gasteiger partial charge in [-0.1, -0.05) is 0 Å². The van der Waals surface area contributed by atoms with Crippen LogP contribution < -0.4 is 10.5 Å². The molecular formula is C9H10F4N2O2S2.